The van der Waals surface area contributed by atoms with Crippen molar-refractivity contribution in [1.82, 2.24) is 19.5 Å². The Labute approximate surface area is 207 Å². The van der Waals surface area contributed by atoms with Crippen molar-refractivity contribution in [3.63, 3.8) is 0 Å². The molecule has 166 valence electrons. The number of aromatic nitrogens is 4. The lowest BCUT2D eigenvalue weighted by atomic mass is 10.0. The monoisotopic (exact) mass is 528 g/mol. The molecule has 0 fully saturated rings. The van der Waals surface area contributed by atoms with Gasteiger partial charge in [-0.1, -0.05) is 33.8 Å². The fourth-order valence-electron chi connectivity index (χ4n) is 4.11. The van der Waals surface area contributed by atoms with Gasteiger partial charge in [-0.15, -0.1) is 0 Å². The van der Waals surface area contributed by atoms with Gasteiger partial charge in [0.2, 0.25) is 0 Å². The number of hydrogen-bond acceptors (Lipinski definition) is 6. The lowest BCUT2D eigenvalue weighted by molar-refractivity contribution is 0.305. The molecule has 4 heterocycles. The zero-order valence-electron chi connectivity index (χ0n) is 17.8. The Morgan fingerprint density at radius 2 is 1.82 bits per heavy atom. The average molecular weight is 529 g/mol. The first-order chi connectivity index (χ1) is 16.7. The molecule has 0 spiro atoms. The quantitative estimate of drug-likeness (QED) is 0.291. The summed E-state index contributed by atoms with van der Waals surface area (Å²) < 4.78 is 9.20. The molecule has 8 heteroatoms. The Balaban J connectivity index is 1.52. The summed E-state index contributed by atoms with van der Waals surface area (Å²) in [5.41, 5.74) is 4.44. The standard InChI is InChI=1S/C26H17BrN4O2S/c27-19-3-4-23-22(7-19)31-13-18(6-17-11-29-15-30-12-17)26(32)21-8-20(9-24(34-23)25(21)31)33-14-16-2-1-5-28-10-16/h1-5,7-13,15H,6,14H2. The van der Waals surface area contributed by atoms with Crippen LogP contribution >= 0.6 is 27.7 Å². The van der Waals surface area contributed by atoms with Crippen LogP contribution in [-0.2, 0) is 13.0 Å². The number of pyridine rings is 2. The van der Waals surface area contributed by atoms with E-state index in [0.29, 0.717) is 29.7 Å². The highest BCUT2D eigenvalue weighted by Crippen LogP contribution is 2.44. The smallest absolute Gasteiger partial charge is 0.193 e. The minimum absolute atomic E-state index is 0.0118. The zero-order chi connectivity index (χ0) is 23.1. The third-order valence-electron chi connectivity index (χ3n) is 5.65. The number of rotatable bonds is 5. The molecular weight excluding hydrogens is 512 g/mol. The van der Waals surface area contributed by atoms with Crippen molar-refractivity contribution in [2.45, 2.75) is 22.8 Å². The Bertz CT molecular complexity index is 1590. The molecule has 1 aliphatic rings. The minimum Gasteiger partial charge on any atom is -0.489 e. The predicted octanol–water partition coefficient (Wildman–Crippen LogP) is 5.57. The molecular formula is C26H17BrN4O2S. The fourth-order valence-corrected chi connectivity index (χ4v) is 5.57. The van der Waals surface area contributed by atoms with Gasteiger partial charge in [0.1, 0.15) is 18.7 Å². The average Bonchev–Trinajstić information content (AvgIpc) is 2.87. The van der Waals surface area contributed by atoms with E-state index in [9.17, 15) is 4.79 Å². The van der Waals surface area contributed by atoms with Crippen molar-refractivity contribution >= 4 is 38.6 Å². The van der Waals surface area contributed by atoms with E-state index in [1.54, 1.807) is 36.5 Å². The summed E-state index contributed by atoms with van der Waals surface area (Å²) in [6.07, 6.45) is 10.9. The Kier molecular flexibility index (Phi) is 5.39. The van der Waals surface area contributed by atoms with E-state index in [1.165, 1.54) is 6.33 Å². The Hall–Kier alpha value is -3.49. The molecule has 3 aromatic heterocycles. The van der Waals surface area contributed by atoms with Gasteiger partial charge in [-0.2, -0.15) is 0 Å². The second kappa shape index (κ2) is 8.70. The van der Waals surface area contributed by atoms with Crippen LogP contribution in [0.15, 0.2) is 98.8 Å². The molecule has 0 amide bonds. The summed E-state index contributed by atoms with van der Waals surface area (Å²) in [7, 11) is 0. The second-order valence-corrected chi connectivity index (χ2v) is 9.96. The number of nitrogens with zero attached hydrogens (tertiary/aromatic N) is 4. The molecule has 0 bridgehead atoms. The van der Waals surface area contributed by atoms with Crippen LogP contribution in [0.2, 0.25) is 0 Å². The molecule has 1 aliphatic heterocycles. The molecule has 6 nitrogen and oxygen atoms in total. The minimum atomic E-state index is -0.0118. The molecule has 0 aliphatic carbocycles. The predicted molar refractivity (Wildman–Crippen MR) is 135 cm³/mol. The van der Waals surface area contributed by atoms with Crippen LogP contribution in [0.4, 0.5) is 0 Å². The number of benzene rings is 2. The van der Waals surface area contributed by atoms with E-state index in [-0.39, 0.29) is 5.43 Å². The second-order valence-electron chi connectivity index (χ2n) is 7.96. The third kappa shape index (κ3) is 3.89. The highest BCUT2D eigenvalue weighted by atomic mass is 79.9. The van der Waals surface area contributed by atoms with E-state index >= 15 is 0 Å². The number of halogens is 1. The van der Waals surface area contributed by atoms with Crippen molar-refractivity contribution < 1.29 is 4.74 Å². The van der Waals surface area contributed by atoms with Gasteiger partial charge >= 0.3 is 0 Å². The summed E-state index contributed by atoms with van der Waals surface area (Å²) in [5.74, 6) is 0.656. The first kappa shape index (κ1) is 21.1. The van der Waals surface area contributed by atoms with Crippen molar-refractivity contribution in [3.05, 3.63) is 111 Å². The van der Waals surface area contributed by atoms with E-state index in [1.807, 2.05) is 36.5 Å². The number of fused-ring (bicyclic) bond motifs is 2. The van der Waals surface area contributed by atoms with Gasteiger partial charge in [0, 0.05) is 62.8 Å². The molecule has 0 saturated carbocycles. The van der Waals surface area contributed by atoms with E-state index in [2.05, 4.69) is 47.6 Å². The lowest BCUT2D eigenvalue weighted by Gasteiger charge is -2.24. The molecule has 5 aromatic rings. The zero-order valence-corrected chi connectivity index (χ0v) is 20.2. The third-order valence-corrected chi connectivity index (χ3v) is 7.24. The molecule has 2 aromatic carbocycles. The summed E-state index contributed by atoms with van der Waals surface area (Å²) >= 11 is 5.24. The van der Waals surface area contributed by atoms with Crippen molar-refractivity contribution in [1.29, 1.82) is 0 Å². The number of hydrogen-bond donors (Lipinski definition) is 0. The van der Waals surface area contributed by atoms with Gasteiger partial charge < -0.3 is 9.30 Å². The number of ether oxygens (including phenoxy) is 1. The summed E-state index contributed by atoms with van der Waals surface area (Å²) in [6.45, 7) is 0.377. The molecule has 0 atom stereocenters. The van der Waals surface area contributed by atoms with Crippen LogP contribution in [0, 0.1) is 0 Å². The van der Waals surface area contributed by atoms with Gasteiger partial charge in [0.25, 0.3) is 0 Å². The molecule has 0 radical (unpaired) electrons. The Morgan fingerprint density at radius 1 is 0.971 bits per heavy atom. The summed E-state index contributed by atoms with van der Waals surface area (Å²) in [5, 5.41) is 0.631. The lowest BCUT2D eigenvalue weighted by Crippen LogP contribution is -2.17. The fraction of sp³-hybridized carbons (Fsp3) is 0.0769. The Morgan fingerprint density at radius 3 is 2.65 bits per heavy atom. The van der Waals surface area contributed by atoms with E-state index < -0.39 is 0 Å². The maximum atomic E-state index is 13.6. The maximum Gasteiger partial charge on any atom is 0.193 e. The van der Waals surface area contributed by atoms with Gasteiger partial charge in [-0.25, -0.2) is 9.97 Å². The van der Waals surface area contributed by atoms with Crippen molar-refractivity contribution in [2.75, 3.05) is 0 Å². The molecule has 0 unspecified atom stereocenters. The molecule has 0 saturated heterocycles. The van der Waals surface area contributed by atoms with Crippen molar-refractivity contribution in [3.8, 4) is 11.4 Å². The van der Waals surface area contributed by atoms with E-state index in [4.69, 9.17) is 4.74 Å². The van der Waals surface area contributed by atoms with Gasteiger partial charge in [-0.05, 0) is 42.0 Å². The van der Waals surface area contributed by atoms with Crippen LogP contribution in [0.1, 0.15) is 16.7 Å². The van der Waals surface area contributed by atoms with Crippen LogP contribution < -0.4 is 10.2 Å². The topological polar surface area (TPSA) is 69.9 Å². The SMILES string of the molecule is O=c1c(Cc2cncnc2)cn2c3c(cc(OCc4cccnc4)cc13)Sc1ccc(Br)cc1-2. The van der Waals surface area contributed by atoms with Crippen LogP contribution in [0.3, 0.4) is 0 Å². The van der Waals surface area contributed by atoms with Gasteiger partial charge in [0.15, 0.2) is 5.43 Å². The highest BCUT2D eigenvalue weighted by molar-refractivity contribution is 9.10. The van der Waals surface area contributed by atoms with Crippen LogP contribution in [0.25, 0.3) is 16.6 Å². The molecule has 6 rings (SSSR count). The first-order valence-corrected chi connectivity index (χ1v) is 12.2. The summed E-state index contributed by atoms with van der Waals surface area (Å²) in [6, 6.07) is 13.9. The largest absolute Gasteiger partial charge is 0.489 e. The van der Waals surface area contributed by atoms with Gasteiger partial charge in [-0.3, -0.25) is 9.78 Å². The van der Waals surface area contributed by atoms with E-state index in [0.717, 1.165) is 36.6 Å². The normalized spacial score (nSPS) is 11.9. The van der Waals surface area contributed by atoms with Gasteiger partial charge in [0.05, 0.1) is 16.6 Å². The molecule has 0 N–H and O–H groups in total. The highest BCUT2D eigenvalue weighted by Gasteiger charge is 2.23. The maximum absolute atomic E-state index is 13.6. The van der Waals surface area contributed by atoms with Crippen LogP contribution in [0.5, 0.6) is 5.75 Å². The van der Waals surface area contributed by atoms with Crippen molar-refractivity contribution in [2.24, 2.45) is 0 Å². The summed E-state index contributed by atoms with van der Waals surface area (Å²) in [4.78, 5) is 28.1. The van der Waals surface area contributed by atoms with Crippen LogP contribution in [-0.4, -0.2) is 19.5 Å². The first-order valence-electron chi connectivity index (χ1n) is 10.6. The molecule has 34 heavy (non-hydrogen) atoms.